The van der Waals surface area contributed by atoms with Crippen LogP contribution in [-0.2, 0) is 17.8 Å². The van der Waals surface area contributed by atoms with Crippen molar-refractivity contribution < 1.29 is 4.79 Å². The van der Waals surface area contributed by atoms with Crippen LogP contribution in [0.2, 0.25) is 0 Å². The number of nitrogens with one attached hydrogen (secondary N) is 1. The lowest BCUT2D eigenvalue weighted by Crippen LogP contribution is -2.33. The first-order chi connectivity index (χ1) is 10.5. The van der Waals surface area contributed by atoms with Gasteiger partial charge in [0.1, 0.15) is 18.3 Å². The summed E-state index contributed by atoms with van der Waals surface area (Å²) in [4.78, 5) is 12.0. The Morgan fingerprint density at radius 2 is 2.05 bits per heavy atom. The minimum absolute atomic E-state index is 0.0588. The Hall–Kier alpha value is -2.74. The van der Waals surface area contributed by atoms with Gasteiger partial charge in [0.15, 0.2) is 0 Å². The van der Waals surface area contributed by atoms with Crippen molar-refractivity contribution in [2.75, 3.05) is 5.73 Å². The SMILES string of the molecule is CC(C)NC(=O)Cn1c(C#N)cc(N)c1Cc1ccccc1. The molecule has 0 aliphatic rings. The molecule has 5 nitrogen and oxygen atoms in total. The summed E-state index contributed by atoms with van der Waals surface area (Å²) >= 11 is 0. The highest BCUT2D eigenvalue weighted by Crippen LogP contribution is 2.21. The summed E-state index contributed by atoms with van der Waals surface area (Å²) in [6.07, 6.45) is 0.587. The first-order valence-electron chi connectivity index (χ1n) is 7.22. The Morgan fingerprint density at radius 1 is 1.36 bits per heavy atom. The zero-order chi connectivity index (χ0) is 16.1. The van der Waals surface area contributed by atoms with E-state index in [0.717, 1.165) is 11.3 Å². The van der Waals surface area contributed by atoms with E-state index in [2.05, 4.69) is 11.4 Å². The van der Waals surface area contributed by atoms with Gasteiger partial charge < -0.3 is 15.6 Å². The minimum atomic E-state index is -0.128. The van der Waals surface area contributed by atoms with E-state index < -0.39 is 0 Å². The number of aromatic nitrogens is 1. The summed E-state index contributed by atoms with van der Waals surface area (Å²) in [5.74, 6) is -0.128. The quantitative estimate of drug-likeness (QED) is 0.885. The second-order valence-corrected chi connectivity index (χ2v) is 5.51. The average Bonchev–Trinajstić information content (AvgIpc) is 2.76. The van der Waals surface area contributed by atoms with E-state index in [0.29, 0.717) is 17.8 Å². The van der Waals surface area contributed by atoms with E-state index in [-0.39, 0.29) is 18.5 Å². The fourth-order valence-corrected chi connectivity index (χ4v) is 2.38. The van der Waals surface area contributed by atoms with E-state index in [1.165, 1.54) is 0 Å². The predicted molar refractivity (Wildman–Crippen MR) is 86.1 cm³/mol. The molecule has 5 heteroatoms. The van der Waals surface area contributed by atoms with Crippen molar-refractivity contribution in [3.05, 3.63) is 53.3 Å². The Bertz CT molecular complexity index is 695. The molecule has 2 rings (SSSR count). The van der Waals surface area contributed by atoms with Gasteiger partial charge >= 0.3 is 0 Å². The average molecular weight is 296 g/mol. The van der Waals surface area contributed by atoms with Crippen molar-refractivity contribution in [3.63, 3.8) is 0 Å². The molecule has 2 aromatic rings. The number of hydrogen-bond acceptors (Lipinski definition) is 3. The van der Waals surface area contributed by atoms with Crippen LogP contribution in [0.1, 0.15) is 30.8 Å². The normalized spacial score (nSPS) is 10.5. The molecule has 0 spiro atoms. The largest absolute Gasteiger partial charge is 0.397 e. The Kier molecular flexibility index (Phi) is 4.84. The smallest absolute Gasteiger partial charge is 0.240 e. The summed E-state index contributed by atoms with van der Waals surface area (Å²) in [5, 5.41) is 12.1. The maximum absolute atomic E-state index is 12.0. The molecule has 0 saturated carbocycles. The van der Waals surface area contributed by atoms with E-state index in [4.69, 9.17) is 5.73 Å². The first kappa shape index (κ1) is 15.6. The summed E-state index contributed by atoms with van der Waals surface area (Å²) in [6.45, 7) is 3.90. The number of anilines is 1. The molecule has 0 fully saturated rings. The van der Waals surface area contributed by atoms with Gasteiger partial charge in [-0.3, -0.25) is 4.79 Å². The van der Waals surface area contributed by atoms with E-state index in [9.17, 15) is 10.1 Å². The highest BCUT2D eigenvalue weighted by Gasteiger charge is 2.16. The minimum Gasteiger partial charge on any atom is -0.397 e. The maximum atomic E-state index is 12.0. The van der Waals surface area contributed by atoms with E-state index in [1.807, 2.05) is 44.2 Å². The molecule has 0 atom stereocenters. The molecule has 1 aromatic heterocycles. The monoisotopic (exact) mass is 296 g/mol. The molecule has 0 bridgehead atoms. The second kappa shape index (κ2) is 6.81. The van der Waals surface area contributed by atoms with Crippen LogP contribution in [0, 0.1) is 11.3 Å². The molecule has 1 aromatic carbocycles. The van der Waals surface area contributed by atoms with Crippen LogP contribution >= 0.6 is 0 Å². The number of nitrogens with zero attached hydrogens (tertiary/aromatic N) is 2. The van der Waals surface area contributed by atoms with Gasteiger partial charge in [-0.15, -0.1) is 0 Å². The number of hydrogen-bond donors (Lipinski definition) is 2. The molecule has 3 N–H and O–H groups in total. The zero-order valence-electron chi connectivity index (χ0n) is 12.8. The fraction of sp³-hybridized carbons (Fsp3) is 0.294. The van der Waals surface area contributed by atoms with E-state index in [1.54, 1.807) is 10.6 Å². The lowest BCUT2D eigenvalue weighted by molar-refractivity contribution is -0.122. The van der Waals surface area contributed by atoms with Gasteiger partial charge in [0.25, 0.3) is 0 Å². The molecule has 114 valence electrons. The van der Waals surface area contributed by atoms with Gasteiger partial charge in [0, 0.05) is 18.2 Å². The number of amides is 1. The highest BCUT2D eigenvalue weighted by atomic mass is 16.2. The lowest BCUT2D eigenvalue weighted by atomic mass is 10.1. The van der Waals surface area contributed by atoms with Gasteiger partial charge in [0.05, 0.1) is 5.69 Å². The number of carbonyl (C=O) groups is 1. The van der Waals surface area contributed by atoms with Crippen LogP contribution in [0.4, 0.5) is 5.69 Å². The van der Waals surface area contributed by atoms with Crippen LogP contribution < -0.4 is 11.1 Å². The number of carbonyl (C=O) groups excluding carboxylic acids is 1. The molecule has 1 heterocycles. The topological polar surface area (TPSA) is 83.8 Å². The zero-order valence-corrected chi connectivity index (χ0v) is 12.8. The van der Waals surface area contributed by atoms with Crippen LogP contribution in [-0.4, -0.2) is 16.5 Å². The van der Waals surface area contributed by atoms with Gasteiger partial charge in [-0.1, -0.05) is 30.3 Å². The molecule has 0 unspecified atom stereocenters. The molecule has 1 amide bonds. The van der Waals surface area contributed by atoms with Gasteiger partial charge in [-0.25, -0.2) is 0 Å². The second-order valence-electron chi connectivity index (χ2n) is 5.51. The Balaban J connectivity index is 2.31. The van der Waals surface area contributed by atoms with Crippen LogP contribution in [0.25, 0.3) is 0 Å². The number of nitriles is 1. The third-order valence-electron chi connectivity index (χ3n) is 3.32. The first-order valence-corrected chi connectivity index (χ1v) is 7.22. The summed E-state index contributed by atoms with van der Waals surface area (Å²) in [7, 11) is 0. The maximum Gasteiger partial charge on any atom is 0.240 e. The van der Waals surface area contributed by atoms with Crippen molar-refractivity contribution in [3.8, 4) is 6.07 Å². The number of nitrogens with two attached hydrogens (primary N) is 1. The van der Waals surface area contributed by atoms with Crippen LogP contribution in [0.3, 0.4) is 0 Å². The molecule has 0 radical (unpaired) electrons. The third-order valence-corrected chi connectivity index (χ3v) is 3.32. The summed E-state index contributed by atoms with van der Waals surface area (Å²) < 4.78 is 1.69. The standard InChI is InChI=1S/C17H20N4O/c1-12(2)20-17(22)11-21-14(10-18)9-15(19)16(21)8-13-6-4-3-5-7-13/h3-7,9,12H,8,11,19H2,1-2H3,(H,20,22). The fourth-order valence-electron chi connectivity index (χ4n) is 2.38. The number of benzene rings is 1. The van der Waals surface area contributed by atoms with Crippen molar-refractivity contribution in [2.45, 2.75) is 32.9 Å². The Labute approximate surface area is 130 Å². The van der Waals surface area contributed by atoms with Gasteiger partial charge in [-0.2, -0.15) is 5.26 Å². The van der Waals surface area contributed by atoms with Crippen molar-refractivity contribution in [1.82, 2.24) is 9.88 Å². The van der Waals surface area contributed by atoms with Crippen molar-refractivity contribution in [2.24, 2.45) is 0 Å². The highest BCUT2D eigenvalue weighted by molar-refractivity contribution is 5.76. The molecule has 0 aliphatic carbocycles. The van der Waals surface area contributed by atoms with Crippen molar-refractivity contribution >= 4 is 11.6 Å². The van der Waals surface area contributed by atoms with Crippen LogP contribution in [0.5, 0.6) is 0 Å². The lowest BCUT2D eigenvalue weighted by Gasteiger charge is -2.13. The van der Waals surface area contributed by atoms with Crippen molar-refractivity contribution in [1.29, 1.82) is 5.26 Å². The summed E-state index contributed by atoms with van der Waals surface area (Å²) in [5.41, 5.74) is 8.86. The summed E-state index contributed by atoms with van der Waals surface area (Å²) in [6, 6.07) is 13.6. The number of nitrogen functional groups attached to an aromatic ring is 1. The van der Waals surface area contributed by atoms with Gasteiger partial charge in [-0.05, 0) is 25.5 Å². The molecule has 0 saturated heterocycles. The van der Waals surface area contributed by atoms with Gasteiger partial charge in [0.2, 0.25) is 5.91 Å². The predicted octanol–water partition coefficient (Wildman–Crippen LogP) is 2.06. The molecule has 22 heavy (non-hydrogen) atoms. The third kappa shape index (κ3) is 3.67. The number of rotatable bonds is 5. The molecule has 0 aliphatic heterocycles. The van der Waals surface area contributed by atoms with E-state index >= 15 is 0 Å². The van der Waals surface area contributed by atoms with Crippen LogP contribution in [0.15, 0.2) is 36.4 Å². The molecular formula is C17H20N4O. The Morgan fingerprint density at radius 3 is 2.64 bits per heavy atom. The molecular weight excluding hydrogens is 276 g/mol.